The second-order valence-corrected chi connectivity index (χ2v) is 8.38. The van der Waals surface area contributed by atoms with E-state index in [0.717, 1.165) is 44.5 Å². The molecule has 0 bridgehead atoms. The van der Waals surface area contributed by atoms with Crippen molar-refractivity contribution in [2.45, 2.75) is 13.8 Å². The van der Waals surface area contributed by atoms with E-state index in [9.17, 15) is 13.6 Å². The zero-order valence-electron chi connectivity index (χ0n) is 16.1. The van der Waals surface area contributed by atoms with Gasteiger partial charge in [-0.2, -0.15) is 0 Å². The van der Waals surface area contributed by atoms with Gasteiger partial charge in [0.25, 0.3) is 0 Å². The molecule has 3 nitrogen and oxygen atoms in total. The smallest absolute Gasteiger partial charge is 0.305 e. The number of aryl methyl sites for hydroxylation is 2. The highest BCUT2D eigenvalue weighted by molar-refractivity contribution is 7.23. The van der Waals surface area contributed by atoms with Crippen LogP contribution in [0.5, 0.6) is 0 Å². The van der Waals surface area contributed by atoms with Crippen LogP contribution in [0.2, 0.25) is 5.02 Å². The van der Waals surface area contributed by atoms with Crippen molar-refractivity contribution in [3.63, 3.8) is 0 Å². The molecular formula is C23H17ClF2N2OS. The van der Waals surface area contributed by atoms with Gasteiger partial charge in [-0.15, -0.1) is 11.3 Å². The van der Waals surface area contributed by atoms with E-state index in [2.05, 4.69) is 22.8 Å². The maximum atomic E-state index is 13.9. The Bertz CT molecular complexity index is 1290. The van der Waals surface area contributed by atoms with Gasteiger partial charge in [-0.25, -0.2) is 13.6 Å². The molecule has 152 valence electrons. The van der Waals surface area contributed by atoms with Gasteiger partial charge in [0.1, 0.15) is 16.6 Å². The molecule has 0 atom stereocenters. The number of benzene rings is 3. The molecule has 2 N–H and O–H groups in total. The molecule has 7 heteroatoms. The van der Waals surface area contributed by atoms with Gasteiger partial charge in [-0.05, 0) is 55.3 Å². The molecular weight excluding hydrogens is 426 g/mol. The van der Waals surface area contributed by atoms with Crippen LogP contribution in [-0.2, 0) is 0 Å². The van der Waals surface area contributed by atoms with E-state index in [1.54, 1.807) is 6.07 Å². The van der Waals surface area contributed by atoms with Gasteiger partial charge in [0.05, 0.1) is 5.69 Å². The molecule has 0 radical (unpaired) electrons. The van der Waals surface area contributed by atoms with Gasteiger partial charge >= 0.3 is 6.03 Å². The van der Waals surface area contributed by atoms with E-state index in [4.69, 9.17) is 11.6 Å². The van der Waals surface area contributed by atoms with Gasteiger partial charge < -0.3 is 5.32 Å². The summed E-state index contributed by atoms with van der Waals surface area (Å²) in [5.74, 6) is -1.56. The summed E-state index contributed by atoms with van der Waals surface area (Å²) in [4.78, 5) is 12.6. The normalized spacial score (nSPS) is 11.0. The Morgan fingerprint density at radius 3 is 2.43 bits per heavy atom. The lowest BCUT2D eigenvalue weighted by Crippen LogP contribution is -2.20. The molecule has 1 heterocycles. The summed E-state index contributed by atoms with van der Waals surface area (Å²) in [5, 5.41) is 7.35. The quantitative estimate of drug-likeness (QED) is 0.334. The Kier molecular flexibility index (Phi) is 5.45. The van der Waals surface area contributed by atoms with E-state index in [1.807, 2.05) is 32.0 Å². The highest BCUT2D eigenvalue weighted by Gasteiger charge is 2.19. The lowest BCUT2D eigenvalue weighted by Gasteiger charge is -2.11. The maximum Gasteiger partial charge on any atom is 0.324 e. The van der Waals surface area contributed by atoms with Crippen molar-refractivity contribution < 1.29 is 13.6 Å². The van der Waals surface area contributed by atoms with Gasteiger partial charge in [0.15, 0.2) is 0 Å². The summed E-state index contributed by atoms with van der Waals surface area (Å²) in [7, 11) is 0. The van der Waals surface area contributed by atoms with Crippen LogP contribution in [0.25, 0.3) is 21.2 Å². The third-order valence-electron chi connectivity index (χ3n) is 4.85. The third kappa shape index (κ3) is 3.88. The van der Waals surface area contributed by atoms with E-state index in [-0.39, 0.29) is 5.69 Å². The number of amides is 2. The van der Waals surface area contributed by atoms with Crippen molar-refractivity contribution in [2.24, 2.45) is 0 Å². The molecule has 0 aliphatic heterocycles. The molecule has 0 saturated carbocycles. The zero-order chi connectivity index (χ0) is 21.4. The van der Waals surface area contributed by atoms with E-state index >= 15 is 0 Å². The van der Waals surface area contributed by atoms with E-state index in [0.29, 0.717) is 10.0 Å². The number of carbonyl (C=O) groups is 1. The fraction of sp³-hybridized carbons (Fsp3) is 0.0870. The molecule has 2 amide bonds. The lowest BCUT2D eigenvalue weighted by atomic mass is 10.0. The zero-order valence-corrected chi connectivity index (χ0v) is 17.7. The van der Waals surface area contributed by atoms with Crippen LogP contribution < -0.4 is 10.6 Å². The molecule has 4 aromatic rings. The fourth-order valence-corrected chi connectivity index (χ4v) is 4.64. The minimum Gasteiger partial charge on any atom is -0.305 e. The summed E-state index contributed by atoms with van der Waals surface area (Å²) < 4.78 is 28.0. The predicted octanol–water partition coefficient (Wildman–Crippen LogP) is 7.76. The van der Waals surface area contributed by atoms with Crippen molar-refractivity contribution >= 4 is 49.7 Å². The van der Waals surface area contributed by atoms with Crippen molar-refractivity contribution in [3.8, 4) is 11.1 Å². The Hall–Kier alpha value is -2.96. The van der Waals surface area contributed by atoms with Gasteiger partial charge in [-0.1, -0.05) is 29.8 Å². The Morgan fingerprint density at radius 2 is 1.70 bits per heavy atom. The van der Waals surface area contributed by atoms with Crippen molar-refractivity contribution in [2.75, 3.05) is 10.6 Å². The Morgan fingerprint density at radius 1 is 0.967 bits per heavy atom. The van der Waals surface area contributed by atoms with Gasteiger partial charge in [0.2, 0.25) is 0 Å². The SMILES string of the molecule is Cc1cc2sc(NC(=O)Nc3ccc(F)cc3F)c(-c3ccccc3Cl)c2cc1C. The third-order valence-corrected chi connectivity index (χ3v) is 6.25. The molecule has 0 aliphatic carbocycles. The van der Waals surface area contributed by atoms with Crippen LogP contribution in [0.4, 0.5) is 24.3 Å². The summed E-state index contributed by atoms with van der Waals surface area (Å²) in [6.07, 6.45) is 0. The highest BCUT2D eigenvalue weighted by Crippen LogP contribution is 2.45. The largest absolute Gasteiger partial charge is 0.324 e. The Balaban J connectivity index is 1.77. The highest BCUT2D eigenvalue weighted by atomic mass is 35.5. The number of rotatable bonds is 3. The van der Waals surface area contributed by atoms with Crippen LogP contribution >= 0.6 is 22.9 Å². The average Bonchev–Trinajstić information content (AvgIpc) is 3.01. The van der Waals surface area contributed by atoms with Crippen LogP contribution in [0, 0.1) is 25.5 Å². The van der Waals surface area contributed by atoms with Crippen LogP contribution in [-0.4, -0.2) is 6.03 Å². The van der Waals surface area contributed by atoms with Gasteiger partial charge in [0, 0.05) is 32.3 Å². The number of nitrogens with one attached hydrogen (secondary N) is 2. The molecule has 0 unspecified atom stereocenters. The number of thiophene rings is 1. The van der Waals surface area contributed by atoms with E-state index in [1.165, 1.54) is 17.4 Å². The minimum absolute atomic E-state index is 0.110. The second kappa shape index (κ2) is 8.05. The molecule has 1 aromatic heterocycles. The summed E-state index contributed by atoms with van der Waals surface area (Å²) in [5.41, 5.74) is 3.74. The lowest BCUT2D eigenvalue weighted by molar-refractivity contribution is 0.262. The van der Waals surface area contributed by atoms with Crippen LogP contribution in [0.3, 0.4) is 0 Å². The molecule has 3 aromatic carbocycles. The van der Waals surface area contributed by atoms with Crippen LogP contribution in [0.1, 0.15) is 11.1 Å². The number of hydrogen-bond acceptors (Lipinski definition) is 2. The number of hydrogen-bond donors (Lipinski definition) is 2. The second-order valence-electron chi connectivity index (χ2n) is 6.92. The maximum absolute atomic E-state index is 13.9. The topological polar surface area (TPSA) is 41.1 Å². The number of fused-ring (bicyclic) bond motifs is 1. The van der Waals surface area contributed by atoms with Crippen molar-refractivity contribution in [3.05, 3.63) is 82.4 Å². The molecule has 30 heavy (non-hydrogen) atoms. The first-order valence-electron chi connectivity index (χ1n) is 9.15. The van der Waals surface area contributed by atoms with Crippen LogP contribution in [0.15, 0.2) is 54.6 Å². The number of carbonyl (C=O) groups excluding carboxylic acids is 1. The number of urea groups is 1. The molecule has 0 aliphatic rings. The first kappa shape index (κ1) is 20.3. The summed E-state index contributed by atoms with van der Waals surface area (Å²) in [6, 6.07) is 13.9. The predicted molar refractivity (Wildman–Crippen MR) is 121 cm³/mol. The molecule has 0 fully saturated rings. The molecule has 0 saturated heterocycles. The fourth-order valence-electron chi connectivity index (χ4n) is 3.22. The first-order chi connectivity index (χ1) is 14.3. The number of anilines is 2. The Labute approximate surface area is 181 Å². The average molecular weight is 443 g/mol. The van der Waals surface area contributed by atoms with Gasteiger partial charge in [-0.3, -0.25) is 5.32 Å². The first-order valence-corrected chi connectivity index (χ1v) is 10.3. The van der Waals surface area contributed by atoms with Crippen molar-refractivity contribution in [1.29, 1.82) is 0 Å². The summed E-state index contributed by atoms with van der Waals surface area (Å²) >= 11 is 7.86. The number of halogens is 3. The van der Waals surface area contributed by atoms with Crippen molar-refractivity contribution in [1.82, 2.24) is 0 Å². The summed E-state index contributed by atoms with van der Waals surface area (Å²) in [6.45, 7) is 4.06. The minimum atomic E-state index is -0.848. The molecule has 4 rings (SSSR count). The van der Waals surface area contributed by atoms with E-state index < -0.39 is 17.7 Å². The monoisotopic (exact) mass is 442 g/mol. The molecule has 0 spiro atoms. The standard InChI is InChI=1S/C23H17ClF2N2OS/c1-12-9-16-20(10-13(12)2)30-22(21(16)15-5-3-4-6-17(15)24)28-23(29)27-19-8-7-14(25)11-18(19)26/h3-11H,1-2H3,(H2,27,28,29).